The van der Waals surface area contributed by atoms with E-state index in [1.807, 2.05) is 94.8 Å². The van der Waals surface area contributed by atoms with Crippen molar-refractivity contribution < 1.29 is 85.6 Å². The number of carbonyl (C=O) groups excluding carboxylic acids is 5. The zero-order valence-corrected chi connectivity index (χ0v) is 66.3. The number of aliphatic hydroxyl groups excluding tert-OH is 1. The second-order valence-electron chi connectivity index (χ2n) is 27.3. The number of aryl methyl sites for hydroxylation is 6. The van der Waals surface area contributed by atoms with Gasteiger partial charge in [-0.15, -0.1) is 5.60 Å². The Kier molecular flexibility index (Phi) is 30.9. The molecule has 0 radical (unpaired) electrons. The van der Waals surface area contributed by atoms with E-state index in [2.05, 4.69) is 125 Å². The van der Waals surface area contributed by atoms with E-state index in [-0.39, 0.29) is 74.4 Å². The Morgan fingerprint density at radius 3 is 1.54 bits per heavy atom. The first kappa shape index (κ1) is 84.0. The molecule has 3 aliphatic heterocycles. The summed E-state index contributed by atoms with van der Waals surface area (Å²) in [7, 11) is 6.35. The molecule has 3 atom stereocenters. The number of carbonyl (C=O) groups is 3. The number of likely N-dealkylation sites (N-methyl/N-ethyl adjacent to an activating group) is 3. The molecular formula is C74H100KN21O8. The van der Waals surface area contributed by atoms with E-state index in [1.165, 1.54) is 0 Å². The summed E-state index contributed by atoms with van der Waals surface area (Å²) in [5.74, 6) is -1.02. The Balaban J connectivity index is 0.000000214. The van der Waals surface area contributed by atoms with Crippen LogP contribution in [0.25, 0.3) is 39.0 Å². The van der Waals surface area contributed by atoms with E-state index in [0.717, 1.165) is 140 Å². The van der Waals surface area contributed by atoms with Crippen molar-refractivity contribution in [2.45, 2.75) is 127 Å². The number of aromatic amines is 1. The van der Waals surface area contributed by atoms with Crippen LogP contribution >= 0.6 is 0 Å². The monoisotopic (exact) mass is 1450 g/mol. The molecule has 3 aromatic carbocycles. The minimum atomic E-state index is -0.750. The maximum absolute atomic E-state index is 12.9. The van der Waals surface area contributed by atoms with Crippen LogP contribution in [0.3, 0.4) is 0 Å². The normalized spacial score (nSPS) is 16.1. The largest absolute Gasteiger partial charge is 1.00 e. The minimum absolute atomic E-state index is 0. The number of nitrogens with zero attached hydrogens (tertiary/aromatic N) is 16. The molecule has 9 N–H and O–H groups in total. The molecule has 3 saturated heterocycles. The third-order valence-electron chi connectivity index (χ3n) is 17.2. The SMILES string of the molecule is CC(C)(C)[O-].CCCCO.C[C@@H]1CN(C)CCN1c1ccc(N)c(C(N)=O)c1.Cc1cn2nc(-c3nc4ccc(N5CCN(C)C[C@H]5C)cc4c(=O)[nH]3)cc2c(C)n1.Cc1cn2nc(C(=O)Nc3ccc(N4CCN(C)C[C@H]4C)cc3C(N)=O)cc2c(C)n1.Cc1cn2nccc2c(C)n1.O=C=O.[K+]. The van der Waals surface area contributed by atoms with Crippen LogP contribution in [0.1, 0.15) is 127 Å². The molecule has 10 aromatic rings. The molecule has 0 unspecified atom stereocenters. The number of unbranched alkanes of at least 4 members (excludes halogenated alkanes) is 1. The van der Waals surface area contributed by atoms with Crippen molar-refractivity contribution in [3.05, 3.63) is 159 Å². The molecule has 3 fully saturated rings. The number of aromatic nitrogens is 11. The fourth-order valence-corrected chi connectivity index (χ4v) is 12.3. The number of aliphatic hydroxyl groups is 1. The number of rotatable bonds is 10. The van der Waals surface area contributed by atoms with E-state index < -0.39 is 23.3 Å². The second-order valence-corrected chi connectivity index (χ2v) is 27.3. The van der Waals surface area contributed by atoms with Crippen LogP contribution in [-0.2, 0) is 9.59 Å². The van der Waals surface area contributed by atoms with Crippen molar-refractivity contribution in [2.75, 3.05) is 112 Å². The molecule has 550 valence electrons. The van der Waals surface area contributed by atoms with Crippen molar-refractivity contribution in [2.24, 2.45) is 11.5 Å². The van der Waals surface area contributed by atoms with Gasteiger partial charge in [0.1, 0.15) is 5.69 Å². The predicted molar refractivity (Wildman–Crippen MR) is 401 cm³/mol. The number of nitrogen functional groups attached to an aromatic ring is 1. The Bertz CT molecular complexity index is 4670. The molecule has 0 bridgehead atoms. The smallest absolute Gasteiger partial charge is 0.850 e. The van der Waals surface area contributed by atoms with Crippen molar-refractivity contribution in [3.63, 3.8) is 0 Å². The fraction of sp³-hybridized carbons (Fsp3) is 0.432. The number of nitrogens with two attached hydrogens (primary N) is 3. The van der Waals surface area contributed by atoms with Gasteiger partial charge in [-0.25, -0.2) is 18.5 Å². The first-order chi connectivity index (χ1) is 48.7. The second kappa shape index (κ2) is 38.2. The van der Waals surface area contributed by atoms with E-state index in [1.54, 1.807) is 72.5 Å². The number of amides is 3. The molecule has 13 rings (SSSR count). The summed E-state index contributed by atoms with van der Waals surface area (Å²) in [6.07, 6.45) is 9.62. The first-order valence-corrected chi connectivity index (χ1v) is 34.3. The molecule has 0 aliphatic carbocycles. The summed E-state index contributed by atoms with van der Waals surface area (Å²) in [6, 6.07) is 23.5. The Morgan fingerprint density at radius 1 is 0.625 bits per heavy atom. The van der Waals surface area contributed by atoms with Gasteiger partial charge in [0.25, 0.3) is 23.3 Å². The van der Waals surface area contributed by atoms with Crippen LogP contribution in [0.15, 0.2) is 102 Å². The van der Waals surface area contributed by atoms with Crippen molar-refractivity contribution in [1.29, 1.82) is 0 Å². The molecule has 3 amide bonds. The maximum atomic E-state index is 12.9. The molecule has 30 heteroatoms. The van der Waals surface area contributed by atoms with Crippen molar-refractivity contribution in [1.82, 2.24) is 68.5 Å². The van der Waals surface area contributed by atoms with Gasteiger partial charge in [-0.2, -0.15) is 24.9 Å². The van der Waals surface area contributed by atoms with Crippen LogP contribution in [0.2, 0.25) is 0 Å². The van der Waals surface area contributed by atoms with Crippen molar-refractivity contribution >= 4 is 79.8 Å². The van der Waals surface area contributed by atoms with E-state index in [0.29, 0.717) is 64.1 Å². The van der Waals surface area contributed by atoms with E-state index >= 15 is 0 Å². The van der Waals surface area contributed by atoms with Crippen LogP contribution < -0.4 is 99.3 Å². The topological polar surface area (TPSA) is 374 Å². The minimum Gasteiger partial charge on any atom is -0.850 e. The van der Waals surface area contributed by atoms with Crippen molar-refractivity contribution in [3.8, 4) is 11.5 Å². The van der Waals surface area contributed by atoms with E-state index in [9.17, 15) is 24.3 Å². The molecule has 3 aliphatic rings. The molecule has 10 heterocycles. The predicted octanol–water partition coefficient (Wildman–Crippen LogP) is 3.43. The van der Waals surface area contributed by atoms with Gasteiger partial charge in [0, 0.05) is 106 Å². The molecule has 7 aromatic heterocycles. The zero-order chi connectivity index (χ0) is 75.7. The summed E-state index contributed by atoms with van der Waals surface area (Å²) in [4.78, 5) is 100. The summed E-state index contributed by atoms with van der Waals surface area (Å²) in [6.45, 7) is 34.1. The number of primary amides is 2. The van der Waals surface area contributed by atoms with Crippen LogP contribution in [0, 0.1) is 41.5 Å². The average molecular weight is 1450 g/mol. The maximum Gasteiger partial charge on any atom is 1.00 e. The fourth-order valence-electron chi connectivity index (χ4n) is 12.3. The number of piperazine rings is 3. The third-order valence-corrected chi connectivity index (χ3v) is 17.2. The van der Waals surface area contributed by atoms with Crippen LogP contribution in [-0.4, -0.2) is 208 Å². The number of H-pyrrole nitrogens is 1. The quantitative estimate of drug-likeness (QED) is 0.0843. The number of fused-ring (bicyclic) bond motifs is 4. The summed E-state index contributed by atoms with van der Waals surface area (Å²) in [5.41, 5.74) is 30.0. The molecule has 0 saturated carbocycles. The van der Waals surface area contributed by atoms with Gasteiger partial charge < -0.3 is 67.1 Å². The van der Waals surface area contributed by atoms with Gasteiger partial charge in [-0.05, 0) is 163 Å². The van der Waals surface area contributed by atoms with Gasteiger partial charge in [-0.3, -0.25) is 34.1 Å². The first-order valence-electron chi connectivity index (χ1n) is 34.3. The standard InChI is InChI=1S/C22H27N7O2.C22H25N7O.C13H20N4O.C8H9N3.C4H9O.C4H10O.CO2.K/c1-13-11-29-20(15(3)24-13)10-19(26-29)22(31)25-18-6-5-16(9-17(18)21(23)30)28-8-7-27(4)12-14(28)2;1-13-11-29-20(15(3)23-13)10-19(26-29)21-24-18-6-5-16(9-17(18)22(30)25-21)28-8-7-27(4)12-14(28)2;1-9-8-16(2)5-6-17(9)10-3-4-12(14)11(7-10)13(15)18;1-6-5-11-8(3-4-9-11)7(2)10-6;1-4(2,3)5;1-2-3-4-5;2-1-3;/h5-6,9-11,14H,7-8,12H2,1-4H3,(H2,23,30)(H,25,31);5-6,9-11,14H,7-8,12H2,1-4H3,(H,24,25,30);3-4,7,9H,5-6,8,14H2,1-2H3,(H2,15,18);3-5H,1-2H3;1-3H3;5H,2-4H2,1H3;;/q;;;;-1;;;+1/t2*14-;9-;;;;;/m111...../s1. The number of hydrogen-bond donors (Lipinski definition) is 6. The van der Waals surface area contributed by atoms with Crippen LogP contribution in [0.4, 0.5) is 28.4 Å². The number of anilines is 5. The number of benzene rings is 3. The van der Waals surface area contributed by atoms with Gasteiger partial charge >= 0.3 is 57.5 Å². The van der Waals surface area contributed by atoms with Gasteiger partial charge in [0.05, 0.1) is 103 Å². The molecule has 29 nitrogen and oxygen atoms in total. The zero-order valence-electron chi connectivity index (χ0n) is 63.1. The average Bonchev–Trinajstić information content (AvgIpc) is 1.50. The summed E-state index contributed by atoms with van der Waals surface area (Å²) >= 11 is 0. The van der Waals surface area contributed by atoms with Gasteiger partial charge in [0.15, 0.2) is 11.5 Å². The Morgan fingerprint density at radius 2 is 1.07 bits per heavy atom. The molecule has 104 heavy (non-hydrogen) atoms. The molecule has 0 spiro atoms. The van der Waals surface area contributed by atoms with Crippen LogP contribution in [0.5, 0.6) is 0 Å². The summed E-state index contributed by atoms with van der Waals surface area (Å²) < 4.78 is 5.27. The van der Waals surface area contributed by atoms with Gasteiger partial charge in [0.2, 0.25) is 0 Å². The van der Waals surface area contributed by atoms with E-state index in [4.69, 9.17) is 36.9 Å². The Labute approximate surface area is 649 Å². The summed E-state index contributed by atoms with van der Waals surface area (Å²) in [5, 5.41) is 34.6. The third kappa shape index (κ3) is 23.0. The Hall–Kier alpha value is -8.91. The van der Waals surface area contributed by atoms with Gasteiger partial charge in [-0.1, -0.05) is 34.1 Å². The molecular weight excluding hydrogens is 1350 g/mol. The number of hydrogen-bond acceptors (Lipinski definition) is 22. The number of nitrogens with one attached hydrogen (secondary N) is 2.